The number of halogens is 1. The molecule has 26 heavy (non-hydrogen) atoms. The zero-order valence-corrected chi connectivity index (χ0v) is 15.7. The van der Waals surface area contributed by atoms with Gasteiger partial charge in [-0.3, -0.25) is 9.59 Å². The zero-order valence-electron chi connectivity index (χ0n) is 15.0. The summed E-state index contributed by atoms with van der Waals surface area (Å²) in [5, 5.41) is 6.30. The van der Waals surface area contributed by atoms with E-state index in [1.54, 1.807) is 30.3 Å². The minimum absolute atomic E-state index is 0.0512. The quantitative estimate of drug-likeness (QED) is 0.706. The van der Waals surface area contributed by atoms with Crippen molar-refractivity contribution in [3.63, 3.8) is 0 Å². The van der Waals surface area contributed by atoms with E-state index in [1.807, 2.05) is 19.1 Å². The molecule has 0 saturated heterocycles. The first kappa shape index (κ1) is 19.8. The van der Waals surface area contributed by atoms with Crippen molar-refractivity contribution in [2.24, 2.45) is 0 Å². The molecule has 0 aliphatic rings. The summed E-state index contributed by atoms with van der Waals surface area (Å²) in [5.74, 6) is 0.304. The largest absolute Gasteiger partial charge is 0.494 e. The lowest BCUT2D eigenvalue weighted by Gasteiger charge is -2.13. The van der Waals surface area contributed by atoms with Crippen LogP contribution in [0, 0.1) is 0 Å². The summed E-state index contributed by atoms with van der Waals surface area (Å²) in [6.45, 7) is 2.04. The van der Waals surface area contributed by atoms with Gasteiger partial charge in [-0.05, 0) is 36.2 Å². The molecular weight excluding hydrogens is 352 g/mol. The number of unbranched alkanes of at least 4 members (excludes halogenated alkanes) is 1. The van der Waals surface area contributed by atoms with Gasteiger partial charge >= 0.3 is 0 Å². The molecule has 2 aromatic rings. The van der Waals surface area contributed by atoms with Crippen LogP contribution in [0.2, 0.25) is 5.02 Å². The number of rotatable bonds is 8. The molecule has 0 radical (unpaired) electrons. The Morgan fingerprint density at radius 2 is 1.77 bits per heavy atom. The van der Waals surface area contributed by atoms with Gasteiger partial charge in [-0.25, -0.2) is 0 Å². The van der Waals surface area contributed by atoms with E-state index < -0.39 is 0 Å². The van der Waals surface area contributed by atoms with Crippen LogP contribution < -0.4 is 15.4 Å². The number of nitrogens with one attached hydrogen (secondary N) is 2. The van der Waals surface area contributed by atoms with Crippen LogP contribution in [0.3, 0.4) is 0 Å². The lowest BCUT2D eigenvalue weighted by atomic mass is 10.1. The molecule has 138 valence electrons. The van der Waals surface area contributed by atoms with E-state index in [-0.39, 0.29) is 18.2 Å². The topological polar surface area (TPSA) is 67.4 Å². The number of hydrogen-bond donors (Lipinski definition) is 2. The average Bonchev–Trinajstić information content (AvgIpc) is 2.63. The van der Waals surface area contributed by atoms with E-state index in [2.05, 4.69) is 10.6 Å². The number of hydrogen-bond acceptors (Lipinski definition) is 3. The van der Waals surface area contributed by atoms with Gasteiger partial charge in [0.05, 0.1) is 19.2 Å². The molecular formula is C20H23ClN2O3. The molecule has 0 bridgehead atoms. The maximum absolute atomic E-state index is 12.2. The predicted octanol–water partition coefficient (Wildman–Crippen LogP) is 4.66. The molecule has 0 aliphatic heterocycles. The van der Waals surface area contributed by atoms with Crippen molar-refractivity contribution in [2.45, 2.75) is 32.6 Å². The fourth-order valence-corrected chi connectivity index (χ4v) is 2.54. The summed E-state index contributed by atoms with van der Waals surface area (Å²) < 4.78 is 5.32. The summed E-state index contributed by atoms with van der Waals surface area (Å²) in [6, 6.07) is 12.3. The first-order valence-corrected chi connectivity index (χ1v) is 8.91. The summed E-state index contributed by atoms with van der Waals surface area (Å²) in [6.07, 6.45) is 2.52. The van der Waals surface area contributed by atoms with Crippen LogP contribution in [0.5, 0.6) is 5.75 Å². The van der Waals surface area contributed by atoms with Crippen molar-refractivity contribution in [2.75, 3.05) is 17.7 Å². The highest BCUT2D eigenvalue weighted by molar-refractivity contribution is 6.30. The standard InChI is InChI=1S/C20H23ClN2O3/c1-3-4-5-19(24)23-17-11-10-16(13-18(17)26-2)22-20(25)12-14-6-8-15(21)9-7-14/h6-11,13H,3-5,12H2,1-2H3,(H,22,25)(H,23,24). The van der Waals surface area contributed by atoms with Crippen molar-refractivity contribution in [1.82, 2.24) is 0 Å². The first-order chi connectivity index (χ1) is 12.5. The Balaban J connectivity index is 2.00. The van der Waals surface area contributed by atoms with Crippen LogP contribution in [0.25, 0.3) is 0 Å². The highest BCUT2D eigenvalue weighted by atomic mass is 35.5. The number of amides is 2. The molecule has 0 saturated carbocycles. The summed E-state index contributed by atoms with van der Waals surface area (Å²) in [4.78, 5) is 24.1. The number of carbonyl (C=O) groups excluding carboxylic acids is 2. The van der Waals surface area contributed by atoms with Crippen LogP contribution in [-0.2, 0) is 16.0 Å². The molecule has 2 amide bonds. The molecule has 0 fully saturated rings. The first-order valence-electron chi connectivity index (χ1n) is 8.54. The third-order valence-corrected chi connectivity index (χ3v) is 4.05. The van der Waals surface area contributed by atoms with Crippen molar-refractivity contribution in [1.29, 1.82) is 0 Å². The number of methoxy groups -OCH3 is 1. The number of benzene rings is 2. The third kappa shape index (κ3) is 6.08. The molecule has 0 spiro atoms. The number of carbonyl (C=O) groups is 2. The van der Waals surface area contributed by atoms with Gasteiger partial charge in [0.25, 0.3) is 0 Å². The molecule has 6 heteroatoms. The van der Waals surface area contributed by atoms with Gasteiger partial charge in [0, 0.05) is 23.2 Å². The second-order valence-electron chi connectivity index (χ2n) is 5.92. The highest BCUT2D eigenvalue weighted by Crippen LogP contribution is 2.28. The molecule has 2 aromatic carbocycles. The number of anilines is 2. The van der Waals surface area contributed by atoms with Gasteiger partial charge in [-0.15, -0.1) is 0 Å². The molecule has 0 heterocycles. The van der Waals surface area contributed by atoms with Crippen molar-refractivity contribution < 1.29 is 14.3 Å². The Morgan fingerprint density at radius 3 is 2.42 bits per heavy atom. The van der Waals surface area contributed by atoms with Gasteiger partial charge in [0.15, 0.2) is 0 Å². The second-order valence-corrected chi connectivity index (χ2v) is 6.35. The second kappa shape index (κ2) is 9.82. The monoisotopic (exact) mass is 374 g/mol. The van der Waals surface area contributed by atoms with E-state index in [4.69, 9.17) is 16.3 Å². The molecule has 2 N–H and O–H groups in total. The molecule has 0 unspecified atom stereocenters. The fourth-order valence-electron chi connectivity index (χ4n) is 2.42. The Morgan fingerprint density at radius 1 is 1.04 bits per heavy atom. The Bertz CT molecular complexity index is 760. The summed E-state index contributed by atoms with van der Waals surface area (Å²) in [5.41, 5.74) is 2.07. The Labute approximate surface area is 158 Å². The van der Waals surface area contributed by atoms with Crippen molar-refractivity contribution in [3.05, 3.63) is 53.1 Å². The van der Waals surface area contributed by atoms with Crippen LogP contribution in [0.15, 0.2) is 42.5 Å². The lowest BCUT2D eigenvalue weighted by Crippen LogP contribution is -2.15. The van der Waals surface area contributed by atoms with E-state index in [9.17, 15) is 9.59 Å². The SMILES string of the molecule is CCCCC(=O)Nc1ccc(NC(=O)Cc2ccc(Cl)cc2)cc1OC. The molecule has 0 atom stereocenters. The smallest absolute Gasteiger partial charge is 0.228 e. The van der Waals surface area contributed by atoms with Gasteiger partial charge < -0.3 is 15.4 Å². The van der Waals surface area contributed by atoms with Gasteiger partial charge in [-0.2, -0.15) is 0 Å². The van der Waals surface area contributed by atoms with Crippen LogP contribution in [0.4, 0.5) is 11.4 Å². The van der Waals surface area contributed by atoms with E-state index in [0.29, 0.717) is 28.6 Å². The predicted molar refractivity (Wildman–Crippen MR) is 105 cm³/mol. The highest BCUT2D eigenvalue weighted by Gasteiger charge is 2.10. The maximum atomic E-state index is 12.2. The maximum Gasteiger partial charge on any atom is 0.228 e. The van der Waals surface area contributed by atoms with Crippen molar-refractivity contribution in [3.8, 4) is 5.75 Å². The lowest BCUT2D eigenvalue weighted by molar-refractivity contribution is -0.116. The Kier molecular flexibility index (Phi) is 7.48. The number of ether oxygens (including phenoxy) is 1. The Hall–Kier alpha value is -2.53. The third-order valence-electron chi connectivity index (χ3n) is 3.79. The minimum Gasteiger partial charge on any atom is -0.494 e. The summed E-state index contributed by atoms with van der Waals surface area (Å²) in [7, 11) is 1.52. The van der Waals surface area contributed by atoms with E-state index in [0.717, 1.165) is 18.4 Å². The van der Waals surface area contributed by atoms with Crippen LogP contribution in [0.1, 0.15) is 31.7 Å². The van der Waals surface area contributed by atoms with Crippen LogP contribution in [-0.4, -0.2) is 18.9 Å². The normalized spacial score (nSPS) is 10.3. The molecule has 5 nitrogen and oxygen atoms in total. The van der Waals surface area contributed by atoms with Gasteiger partial charge in [0.2, 0.25) is 11.8 Å². The van der Waals surface area contributed by atoms with E-state index >= 15 is 0 Å². The summed E-state index contributed by atoms with van der Waals surface area (Å²) >= 11 is 5.85. The fraction of sp³-hybridized carbons (Fsp3) is 0.300. The molecule has 0 aromatic heterocycles. The van der Waals surface area contributed by atoms with Crippen LogP contribution >= 0.6 is 11.6 Å². The van der Waals surface area contributed by atoms with E-state index in [1.165, 1.54) is 7.11 Å². The molecule has 0 aliphatic carbocycles. The van der Waals surface area contributed by atoms with Crippen molar-refractivity contribution >= 4 is 34.8 Å². The molecule has 2 rings (SSSR count). The van der Waals surface area contributed by atoms with Gasteiger partial charge in [-0.1, -0.05) is 37.1 Å². The minimum atomic E-state index is -0.144. The zero-order chi connectivity index (χ0) is 18.9. The van der Waals surface area contributed by atoms with Gasteiger partial charge in [0.1, 0.15) is 5.75 Å². The average molecular weight is 375 g/mol.